The van der Waals surface area contributed by atoms with Crippen molar-refractivity contribution in [3.63, 3.8) is 0 Å². The Morgan fingerprint density at radius 2 is 2.21 bits per heavy atom. The number of furan rings is 1. The van der Waals surface area contributed by atoms with Gasteiger partial charge in [0.1, 0.15) is 17.3 Å². The summed E-state index contributed by atoms with van der Waals surface area (Å²) in [6.07, 6.45) is 1.83. The van der Waals surface area contributed by atoms with Crippen molar-refractivity contribution in [3.8, 4) is 0 Å². The molecule has 0 unspecified atom stereocenters. The lowest BCUT2D eigenvalue weighted by atomic mass is 10.4. The minimum Gasteiger partial charge on any atom is -0.465 e. The normalized spacial score (nSPS) is 11.1. The second kappa shape index (κ2) is 4.74. The third kappa shape index (κ3) is 2.43. The molecule has 0 saturated carbocycles. The summed E-state index contributed by atoms with van der Waals surface area (Å²) >= 11 is 0. The summed E-state index contributed by atoms with van der Waals surface area (Å²) in [4.78, 5) is 4.32. The lowest BCUT2D eigenvalue weighted by Crippen LogP contribution is -2.03. The zero-order valence-corrected chi connectivity index (χ0v) is 10.6. The summed E-state index contributed by atoms with van der Waals surface area (Å²) in [6.45, 7) is 2.94. The highest BCUT2D eigenvalue weighted by molar-refractivity contribution is 5.45. The van der Waals surface area contributed by atoms with Crippen LogP contribution in [0.25, 0.3) is 5.65 Å². The van der Waals surface area contributed by atoms with E-state index in [2.05, 4.69) is 15.4 Å². The molecular formula is C13H15N5O. The van der Waals surface area contributed by atoms with Gasteiger partial charge < -0.3 is 15.5 Å². The molecule has 0 bridgehead atoms. The number of nitrogens with two attached hydrogens (primary N) is 1. The zero-order chi connectivity index (χ0) is 13.2. The van der Waals surface area contributed by atoms with Crippen molar-refractivity contribution in [2.45, 2.75) is 20.0 Å². The van der Waals surface area contributed by atoms with Crippen molar-refractivity contribution >= 4 is 11.5 Å². The quantitative estimate of drug-likeness (QED) is 0.743. The van der Waals surface area contributed by atoms with E-state index in [1.807, 2.05) is 37.4 Å². The summed E-state index contributed by atoms with van der Waals surface area (Å²) in [5.41, 5.74) is 7.17. The molecule has 3 rings (SSSR count). The van der Waals surface area contributed by atoms with Crippen LogP contribution in [0.15, 0.2) is 34.9 Å². The first-order chi connectivity index (χ1) is 9.24. The Morgan fingerprint density at radius 1 is 1.32 bits per heavy atom. The minimum atomic E-state index is 0.414. The van der Waals surface area contributed by atoms with E-state index in [1.165, 1.54) is 0 Å². The van der Waals surface area contributed by atoms with Crippen molar-refractivity contribution in [3.05, 3.63) is 47.7 Å². The van der Waals surface area contributed by atoms with Gasteiger partial charge in [-0.25, -0.2) is 9.50 Å². The van der Waals surface area contributed by atoms with Crippen LogP contribution in [0.2, 0.25) is 0 Å². The molecule has 0 radical (unpaired) electrons. The first kappa shape index (κ1) is 11.7. The fourth-order valence-electron chi connectivity index (χ4n) is 1.88. The Bertz CT molecular complexity index is 700. The predicted molar refractivity (Wildman–Crippen MR) is 71.7 cm³/mol. The summed E-state index contributed by atoms with van der Waals surface area (Å²) in [7, 11) is 0. The standard InChI is InChI=1S/C13H15N5O/c1-9-2-3-11(19-9)7-15-12-4-5-13-16-10(6-14)8-18(13)17-12/h2-5,8H,6-7,14H2,1H3,(H,15,17). The van der Waals surface area contributed by atoms with E-state index in [0.29, 0.717) is 13.1 Å². The summed E-state index contributed by atoms with van der Waals surface area (Å²) in [5, 5.41) is 7.62. The second-order valence-corrected chi connectivity index (χ2v) is 4.32. The summed E-state index contributed by atoms with van der Waals surface area (Å²) < 4.78 is 7.21. The number of anilines is 1. The van der Waals surface area contributed by atoms with Gasteiger partial charge >= 0.3 is 0 Å². The van der Waals surface area contributed by atoms with Gasteiger partial charge in [0, 0.05) is 6.54 Å². The van der Waals surface area contributed by atoms with Crippen molar-refractivity contribution < 1.29 is 4.42 Å². The maximum absolute atomic E-state index is 5.56. The lowest BCUT2D eigenvalue weighted by molar-refractivity contribution is 0.490. The molecule has 98 valence electrons. The number of rotatable bonds is 4. The number of aryl methyl sites for hydroxylation is 1. The van der Waals surface area contributed by atoms with Crippen LogP contribution in [0.1, 0.15) is 17.2 Å². The van der Waals surface area contributed by atoms with Crippen molar-refractivity contribution in [1.29, 1.82) is 0 Å². The highest BCUT2D eigenvalue weighted by Gasteiger charge is 2.03. The molecule has 6 nitrogen and oxygen atoms in total. The van der Waals surface area contributed by atoms with Gasteiger partial charge in [0.15, 0.2) is 5.65 Å². The van der Waals surface area contributed by atoms with E-state index < -0.39 is 0 Å². The number of nitrogens with one attached hydrogen (secondary N) is 1. The molecule has 0 aliphatic rings. The number of hydrogen-bond donors (Lipinski definition) is 2. The second-order valence-electron chi connectivity index (χ2n) is 4.32. The minimum absolute atomic E-state index is 0.414. The number of nitrogens with zero attached hydrogens (tertiary/aromatic N) is 3. The summed E-state index contributed by atoms with van der Waals surface area (Å²) in [6, 6.07) is 7.68. The highest BCUT2D eigenvalue weighted by Crippen LogP contribution is 2.11. The fourth-order valence-corrected chi connectivity index (χ4v) is 1.88. The van der Waals surface area contributed by atoms with Crippen LogP contribution in [0.5, 0.6) is 0 Å². The zero-order valence-electron chi connectivity index (χ0n) is 10.6. The van der Waals surface area contributed by atoms with Gasteiger partial charge in [-0.2, -0.15) is 0 Å². The Balaban J connectivity index is 1.77. The van der Waals surface area contributed by atoms with Crippen LogP contribution in [0, 0.1) is 6.92 Å². The first-order valence-electron chi connectivity index (χ1n) is 6.09. The highest BCUT2D eigenvalue weighted by atomic mass is 16.3. The van der Waals surface area contributed by atoms with Gasteiger partial charge in [0.05, 0.1) is 18.4 Å². The largest absolute Gasteiger partial charge is 0.465 e. The average Bonchev–Trinajstić information content (AvgIpc) is 3.01. The third-order valence-electron chi connectivity index (χ3n) is 2.82. The molecular weight excluding hydrogens is 242 g/mol. The Kier molecular flexibility index (Phi) is 2.92. The molecule has 0 spiro atoms. The van der Waals surface area contributed by atoms with Crippen LogP contribution < -0.4 is 11.1 Å². The Morgan fingerprint density at radius 3 is 2.95 bits per heavy atom. The molecule has 3 aromatic heterocycles. The SMILES string of the molecule is Cc1ccc(CNc2ccc3nc(CN)cn3n2)o1. The molecule has 3 N–H and O–H groups in total. The van der Waals surface area contributed by atoms with Crippen molar-refractivity contribution in [2.24, 2.45) is 5.73 Å². The Hall–Kier alpha value is -2.34. The van der Waals surface area contributed by atoms with Crippen LogP contribution in [0.3, 0.4) is 0 Å². The monoisotopic (exact) mass is 257 g/mol. The molecule has 19 heavy (non-hydrogen) atoms. The molecule has 0 aromatic carbocycles. The molecule has 0 aliphatic heterocycles. The van der Waals surface area contributed by atoms with Gasteiger partial charge in [0.2, 0.25) is 0 Å². The summed E-state index contributed by atoms with van der Waals surface area (Å²) in [5.74, 6) is 2.55. The van der Waals surface area contributed by atoms with E-state index >= 15 is 0 Å². The van der Waals surface area contributed by atoms with Gasteiger partial charge in [-0.1, -0.05) is 0 Å². The maximum atomic E-state index is 5.56. The molecule has 0 aliphatic carbocycles. The lowest BCUT2D eigenvalue weighted by Gasteiger charge is -2.03. The topological polar surface area (TPSA) is 81.4 Å². The van der Waals surface area contributed by atoms with Crippen LogP contribution in [-0.2, 0) is 13.1 Å². The van der Waals surface area contributed by atoms with Crippen LogP contribution in [-0.4, -0.2) is 14.6 Å². The molecule has 0 fully saturated rings. The van der Waals surface area contributed by atoms with E-state index in [-0.39, 0.29) is 0 Å². The van der Waals surface area contributed by atoms with Crippen molar-refractivity contribution in [1.82, 2.24) is 14.6 Å². The van der Waals surface area contributed by atoms with E-state index in [0.717, 1.165) is 28.7 Å². The number of imidazole rings is 1. The van der Waals surface area contributed by atoms with Gasteiger partial charge in [-0.3, -0.25) is 0 Å². The van der Waals surface area contributed by atoms with Crippen LogP contribution in [0.4, 0.5) is 5.82 Å². The van der Waals surface area contributed by atoms with E-state index in [4.69, 9.17) is 10.2 Å². The first-order valence-corrected chi connectivity index (χ1v) is 6.09. The molecule has 3 aromatic rings. The van der Waals surface area contributed by atoms with Gasteiger partial charge in [0.25, 0.3) is 0 Å². The van der Waals surface area contributed by atoms with Gasteiger partial charge in [-0.15, -0.1) is 5.10 Å². The third-order valence-corrected chi connectivity index (χ3v) is 2.82. The molecule has 0 atom stereocenters. The number of aromatic nitrogens is 3. The van der Waals surface area contributed by atoms with Crippen LogP contribution >= 0.6 is 0 Å². The fraction of sp³-hybridized carbons (Fsp3) is 0.231. The molecule has 6 heteroatoms. The maximum Gasteiger partial charge on any atom is 0.153 e. The number of hydrogen-bond acceptors (Lipinski definition) is 5. The van der Waals surface area contributed by atoms with E-state index in [1.54, 1.807) is 4.52 Å². The number of fused-ring (bicyclic) bond motifs is 1. The molecule has 0 saturated heterocycles. The van der Waals surface area contributed by atoms with E-state index in [9.17, 15) is 0 Å². The van der Waals surface area contributed by atoms with Crippen molar-refractivity contribution in [2.75, 3.05) is 5.32 Å². The smallest absolute Gasteiger partial charge is 0.153 e. The van der Waals surface area contributed by atoms with Gasteiger partial charge in [-0.05, 0) is 31.2 Å². The Labute approximate surface area is 110 Å². The average molecular weight is 257 g/mol. The predicted octanol–water partition coefficient (Wildman–Crippen LogP) is 1.70. The molecule has 0 amide bonds. The molecule has 3 heterocycles.